The predicted octanol–water partition coefficient (Wildman–Crippen LogP) is 2.97. The Morgan fingerprint density at radius 2 is 2.15 bits per heavy atom. The number of amides is 2. The number of nitrogens with one attached hydrogen (secondary N) is 1. The summed E-state index contributed by atoms with van der Waals surface area (Å²) >= 11 is 0. The van der Waals surface area contributed by atoms with E-state index >= 15 is 0 Å². The molecule has 1 atom stereocenters. The van der Waals surface area contributed by atoms with Gasteiger partial charge in [-0.3, -0.25) is 9.59 Å². The largest absolute Gasteiger partial charge is 0.467 e. The average molecular weight is 370 g/mol. The van der Waals surface area contributed by atoms with Gasteiger partial charge in [-0.15, -0.1) is 0 Å². The molecule has 0 aliphatic carbocycles. The maximum Gasteiger partial charge on any atom is 0.227 e. The van der Waals surface area contributed by atoms with Crippen molar-refractivity contribution in [2.45, 2.75) is 33.3 Å². The molecule has 2 heterocycles. The topological polar surface area (TPSA) is 71.8 Å². The van der Waals surface area contributed by atoms with Crippen molar-refractivity contribution in [1.29, 1.82) is 0 Å². The Kier molecular flexibility index (Phi) is 6.29. The number of benzene rings is 1. The van der Waals surface area contributed by atoms with E-state index in [0.717, 1.165) is 22.6 Å². The second kappa shape index (κ2) is 8.86. The van der Waals surface area contributed by atoms with Crippen LogP contribution in [-0.2, 0) is 20.9 Å². The zero-order valence-corrected chi connectivity index (χ0v) is 15.9. The third kappa shape index (κ3) is 4.77. The van der Waals surface area contributed by atoms with E-state index in [1.807, 2.05) is 44.2 Å². The van der Waals surface area contributed by atoms with Gasteiger partial charge < -0.3 is 19.4 Å². The molecule has 27 heavy (non-hydrogen) atoms. The number of carbonyl (C=O) groups is 2. The van der Waals surface area contributed by atoms with Crippen LogP contribution in [0.1, 0.15) is 29.7 Å². The van der Waals surface area contributed by atoms with Crippen LogP contribution in [0.2, 0.25) is 0 Å². The van der Waals surface area contributed by atoms with Gasteiger partial charge in [0.25, 0.3) is 0 Å². The molecule has 1 N–H and O–H groups in total. The van der Waals surface area contributed by atoms with Gasteiger partial charge in [0.15, 0.2) is 0 Å². The van der Waals surface area contributed by atoms with E-state index in [4.69, 9.17) is 9.15 Å². The van der Waals surface area contributed by atoms with Crippen molar-refractivity contribution in [2.75, 3.05) is 24.6 Å². The van der Waals surface area contributed by atoms with Crippen LogP contribution in [0.4, 0.5) is 5.69 Å². The third-order valence-electron chi connectivity index (χ3n) is 4.95. The number of nitrogens with zero attached hydrogens (tertiary/aromatic N) is 1. The quantitative estimate of drug-likeness (QED) is 0.725. The number of aryl methyl sites for hydroxylation is 1. The molecule has 0 saturated carbocycles. The van der Waals surface area contributed by atoms with Gasteiger partial charge in [-0.05, 0) is 49.6 Å². The van der Waals surface area contributed by atoms with Gasteiger partial charge in [0, 0.05) is 31.8 Å². The van der Waals surface area contributed by atoms with Crippen molar-refractivity contribution in [3.8, 4) is 0 Å². The maximum absolute atomic E-state index is 12.4. The third-order valence-corrected chi connectivity index (χ3v) is 4.95. The van der Waals surface area contributed by atoms with Gasteiger partial charge in [-0.25, -0.2) is 0 Å². The summed E-state index contributed by atoms with van der Waals surface area (Å²) in [6.07, 6.45) is 2.59. The van der Waals surface area contributed by atoms with Gasteiger partial charge in [0.05, 0.1) is 12.2 Å². The van der Waals surface area contributed by atoms with Crippen molar-refractivity contribution in [3.63, 3.8) is 0 Å². The Hall–Kier alpha value is -2.60. The lowest BCUT2D eigenvalue weighted by atomic mass is 10.1. The zero-order chi connectivity index (χ0) is 19.2. The number of anilines is 1. The predicted molar refractivity (Wildman–Crippen MR) is 102 cm³/mol. The molecule has 0 bridgehead atoms. The van der Waals surface area contributed by atoms with Crippen molar-refractivity contribution in [2.24, 2.45) is 5.92 Å². The molecule has 3 rings (SSSR count). The number of hydrogen-bond donors (Lipinski definition) is 1. The number of ether oxygens (including phenoxy) is 1. The Labute approximate surface area is 159 Å². The summed E-state index contributed by atoms with van der Waals surface area (Å²) in [5.41, 5.74) is 3.13. The van der Waals surface area contributed by atoms with Gasteiger partial charge in [0.2, 0.25) is 11.8 Å². The molecule has 6 nitrogen and oxygen atoms in total. The summed E-state index contributed by atoms with van der Waals surface area (Å²) in [6.45, 7) is 5.97. The molecule has 2 aromatic rings. The number of carbonyl (C=O) groups excluding carboxylic acids is 2. The highest BCUT2D eigenvalue weighted by Crippen LogP contribution is 2.29. The first-order chi connectivity index (χ1) is 13.1. The molecule has 1 aromatic heterocycles. The average Bonchev–Trinajstić information content (AvgIpc) is 3.30. The van der Waals surface area contributed by atoms with Crippen molar-refractivity contribution in [3.05, 3.63) is 53.5 Å². The van der Waals surface area contributed by atoms with E-state index in [1.165, 1.54) is 0 Å². The second-order valence-corrected chi connectivity index (χ2v) is 6.90. The fourth-order valence-corrected chi connectivity index (χ4v) is 3.24. The van der Waals surface area contributed by atoms with Gasteiger partial charge >= 0.3 is 0 Å². The molecule has 1 unspecified atom stereocenters. The molecule has 1 saturated heterocycles. The van der Waals surface area contributed by atoms with Crippen LogP contribution in [0.25, 0.3) is 0 Å². The van der Waals surface area contributed by atoms with Crippen LogP contribution < -0.4 is 10.2 Å². The fraction of sp³-hybridized carbons (Fsp3) is 0.429. The maximum atomic E-state index is 12.4. The standard InChI is InChI=1S/C21H26N2O4/c1-15-6-3-8-19(16(15)2)23-13-17(12-20(23)24)21(25)22-9-5-10-26-14-18-7-4-11-27-18/h3-4,6-8,11,17H,5,9-10,12-14H2,1-2H3,(H,22,25). The van der Waals surface area contributed by atoms with E-state index in [9.17, 15) is 9.59 Å². The van der Waals surface area contributed by atoms with Gasteiger partial charge in [-0.1, -0.05) is 12.1 Å². The van der Waals surface area contributed by atoms with E-state index in [2.05, 4.69) is 5.32 Å². The Morgan fingerprint density at radius 1 is 1.30 bits per heavy atom. The lowest BCUT2D eigenvalue weighted by Crippen LogP contribution is -2.34. The second-order valence-electron chi connectivity index (χ2n) is 6.90. The first-order valence-electron chi connectivity index (χ1n) is 9.30. The molecule has 0 radical (unpaired) electrons. The van der Waals surface area contributed by atoms with Crippen LogP contribution in [0.3, 0.4) is 0 Å². The molecule has 2 amide bonds. The van der Waals surface area contributed by atoms with Crippen LogP contribution in [0.5, 0.6) is 0 Å². The Bertz CT molecular complexity index is 785. The number of rotatable bonds is 8. The van der Waals surface area contributed by atoms with Gasteiger partial charge in [0.1, 0.15) is 12.4 Å². The Morgan fingerprint density at radius 3 is 2.93 bits per heavy atom. The van der Waals surface area contributed by atoms with Crippen molar-refractivity contribution < 1.29 is 18.7 Å². The highest BCUT2D eigenvalue weighted by Gasteiger charge is 2.35. The highest BCUT2D eigenvalue weighted by atomic mass is 16.5. The van der Waals surface area contributed by atoms with E-state index in [0.29, 0.717) is 32.7 Å². The lowest BCUT2D eigenvalue weighted by molar-refractivity contribution is -0.126. The fourth-order valence-electron chi connectivity index (χ4n) is 3.24. The minimum absolute atomic E-state index is 0.00521. The van der Waals surface area contributed by atoms with Crippen LogP contribution in [0.15, 0.2) is 41.0 Å². The summed E-state index contributed by atoms with van der Waals surface area (Å²) < 4.78 is 10.7. The minimum atomic E-state index is -0.304. The Balaban J connectivity index is 1.41. The van der Waals surface area contributed by atoms with Gasteiger partial charge in [-0.2, -0.15) is 0 Å². The SMILES string of the molecule is Cc1cccc(N2CC(C(=O)NCCCOCc3ccco3)CC2=O)c1C. The lowest BCUT2D eigenvalue weighted by Gasteiger charge is -2.20. The van der Waals surface area contributed by atoms with E-state index < -0.39 is 0 Å². The summed E-state index contributed by atoms with van der Waals surface area (Å²) in [4.78, 5) is 26.5. The molecular weight excluding hydrogens is 344 g/mol. The smallest absolute Gasteiger partial charge is 0.227 e. The molecule has 1 aliphatic heterocycles. The monoisotopic (exact) mass is 370 g/mol. The summed E-state index contributed by atoms with van der Waals surface area (Å²) in [5, 5.41) is 2.92. The number of hydrogen-bond acceptors (Lipinski definition) is 4. The van der Waals surface area contributed by atoms with Crippen LogP contribution >= 0.6 is 0 Å². The normalized spacial score (nSPS) is 16.7. The first-order valence-corrected chi connectivity index (χ1v) is 9.30. The summed E-state index contributed by atoms with van der Waals surface area (Å²) in [6, 6.07) is 9.60. The summed E-state index contributed by atoms with van der Waals surface area (Å²) in [5.74, 6) is 0.421. The molecule has 1 aromatic carbocycles. The highest BCUT2D eigenvalue weighted by molar-refractivity contribution is 6.00. The minimum Gasteiger partial charge on any atom is -0.467 e. The van der Waals surface area contributed by atoms with E-state index in [-0.39, 0.29) is 24.2 Å². The summed E-state index contributed by atoms with van der Waals surface area (Å²) in [7, 11) is 0. The van der Waals surface area contributed by atoms with Crippen molar-refractivity contribution >= 4 is 17.5 Å². The van der Waals surface area contributed by atoms with Crippen LogP contribution in [-0.4, -0.2) is 31.5 Å². The van der Waals surface area contributed by atoms with E-state index in [1.54, 1.807) is 11.2 Å². The molecule has 6 heteroatoms. The van der Waals surface area contributed by atoms with Crippen molar-refractivity contribution in [1.82, 2.24) is 5.32 Å². The molecule has 0 spiro atoms. The molecule has 144 valence electrons. The first kappa shape index (κ1) is 19.2. The van der Waals surface area contributed by atoms with Crippen LogP contribution in [0, 0.1) is 19.8 Å². The number of furan rings is 1. The molecule has 1 fully saturated rings. The molecular formula is C21H26N2O4. The zero-order valence-electron chi connectivity index (χ0n) is 15.9. The molecule has 1 aliphatic rings.